The lowest BCUT2D eigenvalue weighted by Crippen LogP contribution is -2.46. The molecule has 1 aliphatic rings. The van der Waals surface area contributed by atoms with Crippen molar-refractivity contribution in [1.29, 1.82) is 0 Å². The summed E-state index contributed by atoms with van der Waals surface area (Å²) < 4.78 is 39.1. The second kappa shape index (κ2) is 9.33. The number of nitrogens with two attached hydrogens (primary N) is 1. The van der Waals surface area contributed by atoms with E-state index in [-0.39, 0.29) is 30.4 Å². The van der Waals surface area contributed by atoms with Gasteiger partial charge in [0.1, 0.15) is 0 Å². The van der Waals surface area contributed by atoms with Crippen molar-refractivity contribution in [2.24, 2.45) is 5.73 Å². The van der Waals surface area contributed by atoms with Gasteiger partial charge < -0.3 is 16.0 Å². The number of hydrogen-bond acceptors (Lipinski definition) is 5. The molecule has 0 unspecified atom stereocenters. The monoisotopic (exact) mass is 378 g/mol. The van der Waals surface area contributed by atoms with E-state index in [1.54, 1.807) is 24.3 Å². The number of benzene rings is 1. The van der Waals surface area contributed by atoms with E-state index in [1.165, 1.54) is 4.31 Å². The van der Waals surface area contributed by atoms with Crippen LogP contribution in [0.3, 0.4) is 0 Å². The van der Waals surface area contributed by atoms with Crippen LogP contribution in [0.4, 0.5) is 10.1 Å². The van der Waals surface area contributed by atoms with Crippen LogP contribution in [-0.4, -0.2) is 63.9 Å². The van der Waals surface area contributed by atoms with E-state index in [4.69, 9.17) is 5.73 Å². The molecule has 24 heavy (non-hydrogen) atoms. The van der Waals surface area contributed by atoms with E-state index in [0.29, 0.717) is 25.0 Å². The first kappa shape index (κ1) is 20.9. The van der Waals surface area contributed by atoms with E-state index < -0.39 is 10.0 Å². The Hall–Kier alpha value is -1.19. The van der Waals surface area contributed by atoms with Gasteiger partial charge in [-0.15, -0.1) is 12.4 Å². The number of halogens is 2. The van der Waals surface area contributed by atoms with Crippen LogP contribution in [0.25, 0.3) is 0 Å². The Morgan fingerprint density at radius 2 is 1.83 bits per heavy atom. The summed E-state index contributed by atoms with van der Waals surface area (Å²) in [6.07, 6.45) is 0.485. The first-order chi connectivity index (χ1) is 11.0. The standard InChI is InChI=1S/C15H23FN4O2S.ClH/c1-19-6-8-20(9-7-19)23(21,22)15-4-2-14(3-5-15)18-12-13(10-16)11-17;/h2-5,10,18H,6-9,11-12,17H2,1H3;1H/b13-10+;. The van der Waals surface area contributed by atoms with Crippen molar-refractivity contribution in [1.82, 2.24) is 9.21 Å². The van der Waals surface area contributed by atoms with E-state index >= 15 is 0 Å². The Morgan fingerprint density at radius 3 is 2.33 bits per heavy atom. The third-order valence-corrected chi connectivity index (χ3v) is 5.80. The molecule has 6 nitrogen and oxygen atoms in total. The number of hydrogen-bond donors (Lipinski definition) is 2. The molecule has 1 aliphatic heterocycles. The minimum Gasteiger partial charge on any atom is -0.381 e. The predicted molar refractivity (Wildman–Crippen MR) is 96.7 cm³/mol. The molecule has 0 saturated carbocycles. The van der Waals surface area contributed by atoms with Crippen LogP contribution in [0.15, 0.2) is 41.1 Å². The molecule has 0 bridgehead atoms. The average molecular weight is 379 g/mol. The molecule has 3 N–H and O–H groups in total. The highest BCUT2D eigenvalue weighted by atomic mass is 35.5. The van der Waals surface area contributed by atoms with Crippen molar-refractivity contribution in [2.75, 3.05) is 51.6 Å². The van der Waals surface area contributed by atoms with E-state index in [1.807, 2.05) is 7.05 Å². The number of piperazine rings is 1. The number of anilines is 1. The number of nitrogens with one attached hydrogen (secondary N) is 1. The minimum absolute atomic E-state index is 0. The second-order valence-corrected chi connectivity index (χ2v) is 7.49. The fourth-order valence-corrected chi connectivity index (χ4v) is 3.72. The Bertz CT molecular complexity index is 644. The smallest absolute Gasteiger partial charge is 0.243 e. The normalized spacial score (nSPS) is 17.4. The van der Waals surface area contributed by atoms with Gasteiger partial charge in [-0.1, -0.05) is 0 Å². The summed E-state index contributed by atoms with van der Waals surface area (Å²) in [5.41, 5.74) is 6.55. The van der Waals surface area contributed by atoms with Gasteiger partial charge in [-0.2, -0.15) is 4.31 Å². The molecule has 1 heterocycles. The third kappa shape index (κ3) is 5.15. The summed E-state index contributed by atoms with van der Waals surface area (Å²) >= 11 is 0. The number of nitrogens with zero attached hydrogens (tertiary/aromatic N) is 2. The molecule has 1 aromatic rings. The Morgan fingerprint density at radius 1 is 1.25 bits per heavy atom. The third-order valence-electron chi connectivity index (χ3n) is 3.89. The van der Waals surface area contributed by atoms with Gasteiger partial charge in [-0.3, -0.25) is 0 Å². The molecule has 9 heteroatoms. The van der Waals surface area contributed by atoms with Crippen LogP contribution in [0.5, 0.6) is 0 Å². The Labute approximate surface area is 149 Å². The van der Waals surface area contributed by atoms with Gasteiger partial charge in [0.2, 0.25) is 10.0 Å². The zero-order chi connectivity index (χ0) is 16.9. The largest absolute Gasteiger partial charge is 0.381 e. The van der Waals surface area contributed by atoms with E-state index in [0.717, 1.165) is 18.8 Å². The van der Waals surface area contributed by atoms with E-state index in [2.05, 4.69) is 10.2 Å². The summed E-state index contributed by atoms with van der Waals surface area (Å²) in [5.74, 6) is 0. The summed E-state index contributed by atoms with van der Waals surface area (Å²) in [5, 5.41) is 3.01. The van der Waals surface area contributed by atoms with Crippen LogP contribution in [0.2, 0.25) is 0 Å². The highest BCUT2D eigenvalue weighted by Crippen LogP contribution is 2.19. The lowest BCUT2D eigenvalue weighted by Gasteiger charge is -2.31. The molecule has 0 amide bonds. The molecule has 0 aliphatic carbocycles. The first-order valence-electron chi connectivity index (χ1n) is 7.48. The van der Waals surface area contributed by atoms with Crippen LogP contribution in [-0.2, 0) is 10.0 Å². The van der Waals surface area contributed by atoms with Gasteiger partial charge in [0.15, 0.2) is 0 Å². The highest BCUT2D eigenvalue weighted by molar-refractivity contribution is 7.89. The molecule has 0 atom stereocenters. The van der Waals surface area contributed by atoms with Crippen molar-refractivity contribution in [2.45, 2.75) is 4.90 Å². The zero-order valence-corrected chi connectivity index (χ0v) is 15.2. The van der Waals surface area contributed by atoms with Gasteiger partial charge in [0, 0.05) is 45.0 Å². The fraction of sp³-hybridized carbons (Fsp3) is 0.467. The Balaban J connectivity index is 0.00000288. The number of likely N-dealkylation sites (N-methyl/N-ethyl adjacent to an activating group) is 1. The molecule has 1 saturated heterocycles. The van der Waals surface area contributed by atoms with Crippen molar-refractivity contribution < 1.29 is 12.8 Å². The van der Waals surface area contributed by atoms with Gasteiger partial charge in [-0.25, -0.2) is 12.8 Å². The topological polar surface area (TPSA) is 78.7 Å². The second-order valence-electron chi connectivity index (χ2n) is 5.56. The Kier molecular flexibility index (Phi) is 8.11. The quantitative estimate of drug-likeness (QED) is 0.779. The van der Waals surface area contributed by atoms with Gasteiger partial charge >= 0.3 is 0 Å². The van der Waals surface area contributed by atoms with Gasteiger partial charge in [0.25, 0.3) is 0 Å². The summed E-state index contributed by atoms with van der Waals surface area (Å²) in [7, 11) is -1.48. The maximum Gasteiger partial charge on any atom is 0.243 e. The lowest BCUT2D eigenvalue weighted by molar-refractivity contribution is 0.222. The van der Waals surface area contributed by atoms with Gasteiger partial charge in [-0.05, 0) is 36.9 Å². The van der Waals surface area contributed by atoms with Gasteiger partial charge in [0.05, 0.1) is 11.2 Å². The molecule has 1 fully saturated rings. The highest BCUT2D eigenvalue weighted by Gasteiger charge is 2.27. The maximum absolute atomic E-state index is 12.6. The van der Waals surface area contributed by atoms with Crippen LogP contribution in [0.1, 0.15) is 0 Å². The molecule has 1 aromatic carbocycles. The van der Waals surface area contributed by atoms with Crippen molar-refractivity contribution in [3.63, 3.8) is 0 Å². The van der Waals surface area contributed by atoms with Crippen molar-refractivity contribution >= 4 is 28.1 Å². The molecule has 136 valence electrons. The predicted octanol–water partition coefficient (Wildman–Crippen LogP) is 1.27. The van der Waals surface area contributed by atoms with Crippen LogP contribution < -0.4 is 11.1 Å². The van der Waals surface area contributed by atoms with Crippen LogP contribution in [0, 0.1) is 0 Å². The minimum atomic E-state index is -3.46. The van der Waals surface area contributed by atoms with Crippen molar-refractivity contribution in [3.8, 4) is 0 Å². The first-order valence-corrected chi connectivity index (χ1v) is 8.92. The average Bonchev–Trinajstić information content (AvgIpc) is 2.56. The zero-order valence-electron chi connectivity index (χ0n) is 13.6. The van der Waals surface area contributed by atoms with Crippen LogP contribution >= 0.6 is 12.4 Å². The molecule has 0 aromatic heterocycles. The van der Waals surface area contributed by atoms with E-state index in [9.17, 15) is 12.8 Å². The lowest BCUT2D eigenvalue weighted by atomic mass is 10.2. The molecule has 0 spiro atoms. The summed E-state index contributed by atoms with van der Waals surface area (Å²) in [4.78, 5) is 2.37. The maximum atomic E-state index is 12.6. The number of rotatable bonds is 6. The molecule has 2 rings (SSSR count). The summed E-state index contributed by atoms with van der Waals surface area (Å²) in [6.45, 7) is 2.89. The van der Waals surface area contributed by atoms with Crippen molar-refractivity contribution in [3.05, 3.63) is 36.2 Å². The fourth-order valence-electron chi connectivity index (χ4n) is 2.29. The molecule has 0 radical (unpaired) electrons. The number of sulfonamides is 1. The molecular formula is C15H24ClFN4O2S. The summed E-state index contributed by atoms with van der Waals surface area (Å²) in [6, 6.07) is 6.49. The SMILES string of the molecule is CN1CCN(S(=O)(=O)c2ccc(NC/C(=C/F)CN)cc2)CC1.Cl. The molecular weight excluding hydrogens is 355 g/mol.